The number of rotatable bonds is 12. The van der Waals surface area contributed by atoms with Crippen LogP contribution in [0.2, 0.25) is 0 Å². The van der Waals surface area contributed by atoms with Crippen LogP contribution in [0.4, 0.5) is 5.69 Å². The number of hydrogen-bond donors (Lipinski definition) is 1. The van der Waals surface area contributed by atoms with Gasteiger partial charge in [-0.3, -0.25) is 13.9 Å². The third-order valence-corrected chi connectivity index (χ3v) is 7.99. The predicted octanol–water partition coefficient (Wildman–Crippen LogP) is 5.16. The minimum absolute atomic E-state index is 0.106. The van der Waals surface area contributed by atoms with Crippen molar-refractivity contribution in [1.29, 1.82) is 0 Å². The molecule has 7 nitrogen and oxygen atoms in total. The monoisotopic (exact) mass is 577 g/mol. The Bertz CT molecular complexity index is 1380. The van der Waals surface area contributed by atoms with Crippen molar-refractivity contribution >= 4 is 27.5 Å². The SMILES string of the molecule is CC(C)CNC(=O)[C@H](Cc1ccccc1)N(Cc1ccccc1)C(=O)CN(c1ccc(C(C)(C)C)cc1)S(C)(=O)=O. The van der Waals surface area contributed by atoms with Gasteiger partial charge in [0.25, 0.3) is 0 Å². The first-order chi connectivity index (χ1) is 19.3. The van der Waals surface area contributed by atoms with Gasteiger partial charge in [0, 0.05) is 19.5 Å². The number of sulfonamides is 1. The van der Waals surface area contributed by atoms with E-state index in [2.05, 4.69) is 26.1 Å². The lowest BCUT2D eigenvalue weighted by atomic mass is 9.87. The van der Waals surface area contributed by atoms with Crippen LogP contribution in [-0.4, -0.2) is 50.5 Å². The molecule has 0 saturated carbocycles. The Labute approximate surface area is 245 Å². The Morgan fingerprint density at radius 3 is 1.85 bits per heavy atom. The maximum absolute atomic E-state index is 14.1. The molecule has 41 heavy (non-hydrogen) atoms. The molecule has 0 aliphatic rings. The lowest BCUT2D eigenvalue weighted by Gasteiger charge is -2.33. The number of amides is 2. The molecule has 0 spiro atoms. The molecule has 3 aromatic rings. The molecule has 0 aliphatic heterocycles. The van der Waals surface area contributed by atoms with E-state index in [1.54, 1.807) is 12.1 Å². The van der Waals surface area contributed by atoms with Gasteiger partial charge in [-0.1, -0.05) is 107 Å². The largest absolute Gasteiger partial charge is 0.354 e. The number of nitrogens with zero attached hydrogens (tertiary/aromatic N) is 2. The van der Waals surface area contributed by atoms with Gasteiger partial charge in [0.15, 0.2) is 0 Å². The Balaban J connectivity index is 2.02. The second kappa shape index (κ2) is 13.8. The number of benzene rings is 3. The summed E-state index contributed by atoms with van der Waals surface area (Å²) in [5.74, 6) is -0.501. The molecule has 8 heteroatoms. The molecular weight excluding hydrogens is 534 g/mol. The average molecular weight is 578 g/mol. The first-order valence-corrected chi connectivity index (χ1v) is 15.8. The number of anilines is 1. The van der Waals surface area contributed by atoms with Gasteiger partial charge in [0.05, 0.1) is 11.9 Å². The summed E-state index contributed by atoms with van der Waals surface area (Å²) in [7, 11) is -3.81. The van der Waals surface area contributed by atoms with E-state index in [4.69, 9.17) is 0 Å². The lowest BCUT2D eigenvalue weighted by molar-refractivity contribution is -0.140. The van der Waals surface area contributed by atoms with E-state index in [0.29, 0.717) is 18.7 Å². The molecule has 0 aromatic heterocycles. The fourth-order valence-electron chi connectivity index (χ4n) is 4.50. The molecule has 220 valence electrons. The topological polar surface area (TPSA) is 86.8 Å². The molecule has 0 aliphatic carbocycles. The summed E-state index contributed by atoms with van der Waals surface area (Å²) in [6, 6.07) is 25.4. The molecule has 0 fully saturated rings. The maximum atomic E-state index is 14.1. The lowest BCUT2D eigenvalue weighted by Crippen LogP contribution is -2.53. The summed E-state index contributed by atoms with van der Waals surface area (Å²) in [6.45, 7) is 10.5. The van der Waals surface area contributed by atoms with Crippen LogP contribution in [0.1, 0.15) is 51.3 Å². The minimum atomic E-state index is -3.81. The van der Waals surface area contributed by atoms with E-state index in [1.165, 1.54) is 4.90 Å². The van der Waals surface area contributed by atoms with E-state index in [-0.39, 0.29) is 23.8 Å². The predicted molar refractivity (Wildman–Crippen MR) is 166 cm³/mol. The van der Waals surface area contributed by atoms with E-state index in [1.807, 2.05) is 86.6 Å². The van der Waals surface area contributed by atoms with Gasteiger partial charge in [0.2, 0.25) is 21.8 Å². The van der Waals surface area contributed by atoms with Gasteiger partial charge < -0.3 is 10.2 Å². The van der Waals surface area contributed by atoms with Crippen molar-refractivity contribution < 1.29 is 18.0 Å². The Morgan fingerprint density at radius 1 is 0.829 bits per heavy atom. The second-order valence-corrected chi connectivity index (χ2v) is 13.8. The van der Waals surface area contributed by atoms with E-state index in [0.717, 1.165) is 27.3 Å². The van der Waals surface area contributed by atoms with Gasteiger partial charge in [-0.05, 0) is 40.2 Å². The summed E-state index contributed by atoms with van der Waals surface area (Å²) in [6.07, 6.45) is 1.39. The highest BCUT2D eigenvalue weighted by atomic mass is 32.2. The molecule has 0 unspecified atom stereocenters. The van der Waals surface area contributed by atoms with Crippen LogP contribution in [0, 0.1) is 5.92 Å². The van der Waals surface area contributed by atoms with E-state index >= 15 is 0 Å². The first-order valence-electron chi connectivity index (χ1n) is 14.0. The first kappa shape index (κ1) is 31.9. The highest BCUT2D eigenvalue weighted by Gasteiger charge is 2.33. The Morgan fingerprint density at radius 2 is 1.37 bits per heavy atom. The number of carbonyl (C=O) groups is 2. The van der Waals surface area contributed by atoms with Gasteiger partial charge in [-0.2, -0.15) is 0 Å². The van der Waals surface area contributed by atoms with E-state index in [9.17, 15) is 18.0 Å². The van der Waals surface area contributed by atoms with Crippen LogP contribution in [-0.2, 0) is 38.0 Å². The number of carbonyl (C=O) groups excluding carboxylic acids is 2. The maximum Gasteiger partial charge on any atom is 0.244 e. The fourth-order valence-corrected chi connectivity index (χ4v) is 5.35. The van der Waals surface area contributed by atoms with Gasteiger partial charge in [-0.15, -0.1) is 0 Å². The Kier molecular flexibility index (Phi) is 10.7. The average Bonchev–Trinajstić information content (AvgIpc) is 2.92. The molecule has 0 bridgehead atoms. The summed E-state index contributed by atoms with van der Waals surface area (Å²) < 4.78 is 27.1. The highest BCUT2D eigenvalue weighted by molar-refractivity contribution is 7.92. The smallest absolute Gasteiger partial charge is 0.244 e. The van der Waals surface area contributed by atoms with Crippen molar-refractivity contribution in [3.05, 3.63) is 102 Å². The third kappa shape index (κ3) is 9.46. The van der Waals surface area contributed by atoms with Crippen LogP contribution in [0.5, 0.6) is 0 Å². The summed E-state index contributed by atoms with van der Waals surface area (Å²) in [4.78, 5) is 29.3. The van der Waals surface area contributed by atoms with Crippen molar-refractivity contribution in [1.82, 2.24) is 10.2 Å². The highest BCUT2D eigenvalue weighted by Crippen LogP contribution is 2.26. The molecule has 0 saturated heterocycles. The molecule has 3 aromatic carbocycles. The molecule has 3 rings (SSSR count). The van der Waals surface area contributed by atoms with Gasteiger partial charge in [0.1, 0.15) is 12.6 Å². The molecule has 1 N–H and O–H groups in total. The molecule has 1 atom stereocenters. The number of nitrogens with one attached hydrogen (secondary N) is 1. The fraction of sp³-hybridized carbons (Fsp3) is 0.394. The molecule has 0 heterocycles. The minimum Gasteiger partial charge on any atom is -0.354 e. The van der Waals surface area contributed by atoms with Crippen LogP contribution in [0.25, 0.3) is 0 Å². The van der Waals surface area contributed by atoms with Crippen molar-refractivity contribution in [2.75, 3.05) is 23.7 Å². The van der Waals surface area contributed by atoms with E-state index < -0.39 is 28.5 Å². The van der Waals surface area contributed by atoms with Crippen molar-refractivity contribution in [2.24, 2.45) is 5.92 Å². The molecule has 2 amide bonds. The summed E-state index contributed by atoms with van der Waals surface area (Å²) >= 11 is 0. The summed E-state index contributed by atoms with van der Waals surface area (Å²) in [5.41, 5.74) is 3.09. The van der Waals surface area contributed by atoms with Crippen LogP contribution in [0.3, 0.4) is 0 Å². The quantitative estimate of drug-likeness (QED) is 0.322. The molecule has 0 radical (unpaired) electrons. The summed E-state index contributed by atoms with van der Waals surface area (Å²) in [5, 5.41) is 2.99. The van der Waals surface area contributed by atoms with Crippen LogP contribution in [0.15, 0.2) is 84.9 Å². The van der Waals surface area contributed by atoms with Crippen LogP contribution >= 0.6 is 0 Å². The normalized spacial score (nSPS) is 12.6. The zero-order valence-corrected chi connectivity index (χ0v) is 25.8. The van der Waals surface area contributed by atoms with Crippen LogP contribution < -0.4 is 9.62 Å². The van der Waals surface area contributed by atoms with Gasteiger partial charge >= 0.3 is 0 Å². The van der Waals surface area contributed by atoms with Crippen molar-refractivity contribution in [3.63, 3.8) is 0 Å². The number of hydrogen-bond acceptors (Lipinski definition) is 4. The van der Waals surface area contributed by atoms with Crippen molar-refractivity contribution in [2.45, 2.75) is 59.0 Å². The zero-order chi connectivity index (χ0) is 30.2. The Hall–Kier alpha value is -3.65. The second-order valence-electron chi connectivity index (χ2n) is 11.9. The zero-order valence-electron chi connectivity index (χ0n) is 25.0. The van der Waals surface area contributed by atoms with Crippen molar-refractivity contribution in [3.8, 4) is 0 Å². The standard InChI is InChI=1S/C33H43N3O4S/c1-25(2)22-34-32(38)30(21-26-13-9-7-10-14-26)35(23-27-15-11-8-12-16-27)31(37)24-36(41(6,39)40)29-19-17-28(18-20-29)33(3,4)5/h7-20,25,30H,21-24H2,1-6H3,(H,34,38)/t30-/m0/s1. The van der Waals surface area contributed by atoms with Gasteiger partial charge in [-0.25, -0.2) is 8.42 Å². The third-order valence-electron chi connectivity index (χ3n) is 6.85. The molecular formula is C33H43N3O4S.